The summed E-state index contributed by atoms with van der Waals surface area (Å²) >= 11 is 5.73. The number of nitrogens with one attached hydrogen (secondary N) is 1. The zero-order valence-electron chi connectivity index (χ0n) is 8.47. The fraction of sp³-hybridized carbons (Fsp3) is 0.625. The maximum atomic E-state index is 12.2. The van der Waals surface area contributed by atoms with E-state index < -0.39 is 10.0 Å². The molecule has 0 amide bonds. The summed E-state index contributed by atoms with van der Waals surface area (Å²) in [5, 5.41) is 6.18. The molecule has 0 aliphatic carbocycles. The number of sulfonamides is 1. The zero-order chi connectivity index (χ0) is 11.6. The summed E-state index contributed by atoms with van der Waals surface area (Å²) in [5.74, 6) is 0.216. The van der Waals surface area contributed by atoms with Crippen molar-refractivity contribution in [2.45, 2.75) is 11.1 Å². The minimum absolute atomic E-state index is 0.0875. The van der Waals surface area contributed by atoms with Crippen LogP contribution in [0.1, 0.15) is 0 Å². The van der Waals surface area contributed by atoms with E-state index in [1.807, 2.05) is 0 Å². The van der Waals surface area contributed by atoms with E-state index in [1.165, 1.54) is 16.6 Å². The van der Waals surface area contributed by atoms with Gasteiger partial charge in [-0.3, -0.25) is 5.10 Å². The molecule has 1 N–H and O–H groups in total. The third-order valence-electron chi connectivity index (χ3n) is 2.41. The Kier molecular flexibility index (Phi) is 3.48. The minimum Gasteiger partial charge on any atom is -0.378 e. The van der Waals surface area contributed by atoms with Crippen LogP contribution >= 0.6 is 11.6 Å². The molecular formula is C8H12ClN3O3S. The van der Waals surface area contributed by atoms with Gasteiger partial charge in [0.05, 0.1) is 25.5 Å². The molecule has 0 aromatic carbocycles. The number of rotatable bonds is 3. The maximum Gasteiger partial charge on any atom is 0.260 e. The first-order chi connectivity index (χ1) is 7.66. The fourth-order valence-electron chi connectivity index (χ4n) is 1.59. The van der Waals surface area contributed by atoms with Gasteiger partial charge in [-0.25, -0.2) is 8.42 Å². The topological polar surface area (TPSA) is 75.3 Å². The number of morpholine rings is 1. The van der Waals surface area contributed by atoms with Crippen molar-refractivity contribution in [3.8, 4) is 0 Å². The Balaban J connectivity index is 2.28. The monoisotopic (exact) mass is 265 g/mol. The van der Waals surface area contributed by atoms with Crippen molar-refractivity contribution in [2.75, 3.05) is 25.6 Å². The third-order valence-corrected chi connectivity index (χ3v) is 4.65. The first-order valence-electron chi connectivity index (χ1n) is 4.81. The highest BCUT2D eigenvalue weighted by atomic mass is 35.5. The molecule has 0 bridgehead atoms. The predicted octanol–water partition coefficient (Wildman–Crippen LogP) is 0.0380. The van der Waals surface area contributed by atoms with Crippen molar-refractivity contribution in [1.29, 1.82) is 0 Å². The normalized spacial score (nSPS) is 23.4. The molecule has 0 spiro atoms. The van der Waals surface area contributed by atoms with Crippen molar-refractivity contribution in [2.24, 2.45) is 0 Å². The fourth-order valence-corrected chi connectivity index (χ4v) is 3.42. The van der Waals surface area contributed by atoms with Crippen LogP contribution in [0, 0.1) is 0 Å². The van der Waals surface area contributed by atoms with E-state index in [1.54, 1.807) is 0 Å². The molecule has 6 nitrogen and oxygen atoms in total. The lowest BCUT2D eigenvalue weighted by molar-refractivity contribution is 0.0403. The summed E-state index contributed by atoms with van der Waals surface area (Å²) in [6, 6.07) is 1.11. The van der Waals surface area contributed by atoms with Crippen LogP contribution in [0.2, 0.25) is 0 Å². The molecule has 1 unspecified atom stereocenters. The Morgan fingerprint density at radius 2 is 2.50 bits per heavy atom. The Morgan fingerprint density at radius 1 is 1.69 bits per heavy atom. The van der Waals surface area contributed by atoms with Gasteiger partial charge in [0, 0.05) is 12.4 Å². The summed E-state index contributed by atoms with van der Waals surface area (Å²) in [7, 11) is -3.53. The molecule has 2 rings (SSSR count). The highest BCUT2D eigenvalue weighted by Crippen LogP contribution is 2.19. The van der Waals surface area contributed by atoms with Gasteiger partial charge in [0.2, 0.25) is 0 Å². The number of hydrogen-bond donors (Lipinski definition) is 1. The van der Waals surface area contributed by atoms with E-state index in [9.17, 15) is 8.42 Å². The van der Waals surface area contributed by atoms with Crippen molar-refractivity contribution >= 4 is 21.6 Å². The SMILES string of the molecule is O=S(=O)(c1ccn[nH]1)N1CCOCC1CCl. The highest BCUT2D eigenvalue weighted by molar-refractivity contribution is 7.89. The van der Waals surface area contributed by atoms with E-state index >= 15 is 0 Å². The first-order valence-corrected chi connectivity index (χ1v) is 6.78. The van der Waals surface area contributed by atoms with E-state index in [2.05, 4.69) is 10.2 Å². The zero-order valence-corrected chi connectivity index (χ0v) is 10.0. The maximum absolute atomic E-state index is 12.2. The van der Waals surface area contributed by atoms with Gasteiger partial charge < -0.3 is 4.74 Å². The average Bonchev–Trinajstić information content (AvgIpc) is 2.83. The molecule has 1 fully saturated rings. The van der Waals surface area contributed by atoms with Crippen molar-refractivity contribution in [3.63, 3.8) is 0 Å². The lowest BCUT2D eigenvalue weighted by Gasteiger charge is -2.32. The third kappa shape index (κ3) is 2.08. The number of aromatic nitrogens is 2. The Labute approximate surface area is 98.6 Å². The predicted molar refractivity (Wildman–Crippen MR) is 57.8 cm³/mol. The van der Waals surface area contributed by atoms with Crippen molar-refractivity contribution in [1.82, 2.24) is 14.5 Å². The minimum atomic E-state index is -3.53. The van der Waals surface area contributed by atoms with Crippen LogP contribution in [-0.4, -0.2) is 54.6 Å². The molecule has 1 aromatic rings. The number of nitrogens with zero attached hydrogens (tertiary/aromatic N) is 2. The van der Waals surface area contributed by atoms with Crippen molar-refractivity contribution in [3.05, 3.63) is 12.3 Å². The second-order valence-electron chi connectivity index (χ2n) is 3.42. The Hall–Kier alpha value is -0.630. The van der Waals surface area contributed by atoms with Gasteiger partial charge in [0.15, 0.2) is 5.03 Å². The number of ether oxygens (including phenoxy) is 1. The van der Waals surface area contributed by atoms with E-state index in [4.69, 9.17) is 16.3 Å². The second kappa shape index (κ2) is 4.70. The molecule has 16 heavy (non-hydrogen) atoms. The summed E-state index contributed by atoms with van der Waals surface area (Å²) in [6.07, 6.45) is 1.41. The number of H-pyrrole nitrogens is 1. The number of alkyl halides is 1. The van der Waals surface area contributed by atoms with Gasteiger partial charge in [0.25, 0.3) is 10.0 Å². The molecule has 1 aromatic heterocycles. The highest BCUT2D eigenvalue weighted by Gasteiger charge is 2.34. The van der Waals surface area contributed by atoms with Crippen LogP contribution in [0.25, 0.3) is 0 Å². The standard InChI is InChI=1S/C8H12ClN3O3S/c9-5-7-6-15-4-3-12(7)16(13,14)8-1-2-10-11-8/h1-2,7H,3-6H2,(H,10,11). The number of aromatic amines is 1. The molecule has 90 valence electrons. The summed E-state index contributed by atoms with van der Waals surface area (Å²) in [6.45, 7) is 1.04. The van der Waals surface area contributed by atoms with Crippen molar-refractivity contribution < 1.29 is 13.2 Å². The van der Waals surface area contributed by atoms with Crippen LogP contribution in [0.4, 0.5) is 0 Å². The molecular weight excluding hydrogens is 254 g/mol. The molecule has 1 aliphatic rings. The molecule has 2 heterocycles. The van der Waals surface area contributed by atoms with Crippen LogP contribution in [0.3, 0.4) is 0 Å². The first kappa shape index (κ1) is 11.8. The second-order valence-corrected chi connectivity index (χ2v) is 5.59. The smallest absolute Gasteiger partial charge is 0.260 e. The summed E-state index contributed by atoms with van der Waals surface area (Å²) in [5.41, 5.74) is 0. The average molecular weight is 266 g/mol. The quantitative estimate of drug-likeness (QED) is 0.783. The van der Waals surface area contributed by atoms with Crippen LogP contribution in [-0.2, 0) is 14.8 Å². The van der Waals surface area contributed by atoms with Crippen LogP contribution in [0.5, 0.6) is 0 Å². The van der Waals surface area contributed by atoms with Crippen LogP contribution in [0.15, 0.2) is 17.3 Å². The molecule has 1 atom stereocenters. The van der Waals surface area contributed by atoms with Crippen LogP contribution < -0.4 is 0 Å². The molecule has 0 saturated carbocycles. The van der Waals surface area contributed by atoms with Gasteiger partial charge >= 0.3 is 0 Å². The number of hydrogen-bond acceptors (Lipinski definition) is 4. The molecule has 8 heteroatoms. The lowest BCUT2D eigenvalue weighted by Crippen LogP contribution is -2.49. The summed E-state index contributed by atoms with van der Waals surface area (Å²) < 4.78 is 30.9. The summed E-state index contributed by atoms with van der Waals surface area (Å²) in [4.78, 5) is 0. The Morgan fingerprint density at radius 3 is 3.12 bits per heavy atom. The van der Waals surface area contributed by atoms with Gasteiger partial charge in [-0.15, -0.1) is 11.6 Å². The molecule has 1 saturated heterocycles. The Bertz CT molecular complexity index is 433. The number of halogens is 1. The van der Waals surface area contributed by atoms with E-state index in [0.717, 1.165) is 0 Å². The molecule has 1 aliphatic heterocycles. The van der Waals surface area contributed by atoms with Gasteiger partial charge in [-0.2, -0.15) is 9.40 Å². The molecule has 0 radical (unpaired) electrons. The van der Waals surface area contributed by atoms with Gasteiger partial charge in [-0.05, 0) is 6.07 Å². The lowest BCUT2D eigenvalue weighted by atomic mass is 10.3. The van der Waals surface area contributed by atoms with Gasteiger partial charge in [-0.1, -0.05) is 0 Å². The largest absolute Gasteiger partial charge is 0.378 e. The van der Waals surface area contributed by atoms with Gasteiger partial charge in [0.1, 0.15) is 0 Å². The van der Waals surface area contributed by atoms with E-state index in [-0.39, 0.29) is 16.9 Å². The van der Waals surface area contributed by atoms with E-state index in [0.29, 0.717) is 19.8 Å².